The number of hydrogen-bond donors (Lipinski definition) is 1. The van der Waals surface area contributed by atoms with Crippen LogP contribution >= 0.6 is 0 Å². The largest absolute Gasteiger partial charge is 0.461 e. The molecular formula is C17H19N5O. The highest BCUT2D eigenvalue weighted by Gasteiger charge is 2.16. The van der Waals surface area contributed by atoms with Crippen LogP contribution in [0.4, 0.5) is 5.82 Å². The number of nitrogens with zero attached hydrogens (tertiary/aromatic N) is 4. The number of aryl methyl sites for hydroxylation is 1. The van der Waals surface area contributed by atoms with Gasteiger partial charge in [-0.25, -0.2) is 15.0 Å². The van der Waals surface area contributed by atoms with Gasteiger partial charge in [-0.1, -0.05) is 19.3 Å². The number of anilines is 1. The van der Waals surface area contributed by atoms with E-state index in [-0.39, 0.29) is 0 Å². The van der Waals surface area contributed by atoms with Crippen LogP contribution < -0.4 is 5.73 Å². The Kier molecular flexibility index (Phi) is 4.29. The van der Waals surface area contributed by atoms with Crippen LogP contribution in [0.1, 0.15) is 38.9 Å². The maximum absolute atomic E-state index is 6.06. The van der Waals surface area contributed by atoms with Crippen LogP contribution in [0.15, 0.2) is 22.8 Å². The third kappa shape index (κ3) is 2.90. The van der Waals surface area contributed by atoms with Crippen molar-refractivity contribution in [2.75, 3.05) is 5.73 Å². The molecule has 3 heterocycles. The van der Waals surface area contributed by atoms with E-state index in [4.69, 9.17) is 10.2 Å². The van der Waals surface area contributed by atoms with Crippen LogP contribution in [0.5, 0.6) is 0 Å². The number of imidazole rings is 1. The monoisotopic (exact) mass is 309 g/mol. The third-order valence-corrected chi connectivity index (χ3v) is 3.53. The number of unbranched alkanes of at least 4 members (excludes halogenated alkanes) is 2. The van der Waals surface area contributed by atoms with Crippen LogP contribution in [0.2, 0.25) is 0 Å². The van der Waals surface area contributed by atoms with Crippen molar-refractivity contribution in [3.8, 4) is 23.4 Å². The summed E-state index contributed by atoms with van der Waals surface area (Å²) in [6.07, 6.45) is 4.66. The standard InChI is InChI=1S/C17H19N5O/c1-3-5-6-7-10-13-19-14-15(18)20-16(12-9-8-11-23-12)21-17(14)22(13)4-2/h8-9,11H,3-6H2,1-2H3,(H2,18,20,21). The highest BCUT2D eigenvalue weighted by atomic mass is 16.3. The summed E-state index contributed by atoms with van der Waals surface area (Å²) >= 11 is 0. The fourth-order valence-corrected chi connectivity index (χ4v) is 2.34. The number of aromatic nitrogens is 4. The minimum atomic E-state index is 0.338. The minimum absolute atomic E-state index is 0.338. The smallest absolute Gasteiger partial charge is 0.199 e. The van der Waals surface area contributed by atoms with Gasteiger partial charge in [-0.05, 0) is 31.4 Å². The Labute approximate surface area is 134 Å². The lowest BCUT2D eigenvalue weighted by Crippen LogP contribution is -2.02. The highest BCUT2D eigenvalue weighted by molar-refractivity contribution is 5.84. The number of rotatable bonds is 4. The molecule has 0 fully saturated rings. The summed E-state index contributed by atoms with van der Waals surface area (Å²) in [5.74, 6) is 8.34. The molecule has 2 N–H and O–H groups in total. The molecule has 0 aliphatic rings. The molecule has 0 bridgehead atoms. The van der Waals surface area contributed by atoms with Crippen molar-refractivity contribution < 1.29 is 4.42 Å². The molecule has 6 nitrogen and oxygen atoms in total. The fourth-order valence-electron chi connectivity index (χ4n) is 2.34. The zero-order chi connectivity index (χ0) is 16.2. The summed E-state index contributed by atoms with van der Waals surface area (Å²) in [6.45, 7) is 4.89. The lowest BCUT2D eigenvalue weighted by Gasteiger charge is -2.02. The first-order chi connectivity index (χ1) is 11.2. The zero-order valence-electron chi connectivity index (χ0n) is 13.3. The molecule has 23 heavy (non-hydrogen) atoms. The summed E-state index contributed by atoms with van der Waals surface area (Å²) in [5, 5.41) is 0. The van der Waals surface area contributed by atoms with E-state index in [1.54, 1.807) is 18.4 Å². The van der Waals surface area contributed by atoms with Crippen molar-refractivity contribution in [2.24, 2.45) is 0 Å². The predicted octanol–water partition coefficient (Wildman–Crippen LogP) is 3.23. The molecule has 0 aliphatic carbocycles. The van der Waals surface area contributed by atoms with Gasteiger partial charge in [0.2, 0.25) is 0 Å². The van der Waals surface area contributed by atoms with Gasteiger partial charge >= 0.3 is 0 Å². The Bertz CT molecular complexity index is 868. The molecule has 3 rings (SSSR count). The molecular weight excluding hydrogens is 290 g/mol. The van der Waals surface area contributed by atoms with Crippen molar-refractivity contribution in [2.45, 2.75) is 39.7 Å². The summed E-state index contributed by atoms with van der Waals surface area (Å²) in [6, 6.07) is 3.60. The molecule has 0 radical (unpaired) electrons. The summed E-state index contributed by atoms with van der Waals surface area (Å²) < 4.78 is 7.31. The van der Waals surface area contributed by atoms with Gasteiger partial charge in [0.05, 0.1) is 6.26 Å². The number of hydrogen-bond acceptors (Lipinski definition) is 5. The van der Waals surface area contributed by atoms with Gasteiger partial charge in [-0.3, -0.25) is 0 Å². The minimum Gasteiger partial charge on any atom is -0.461 e. The quantitative estimate of drug-likeness (QED) is 0.591. The van der Waals surface area contributed by atoms with Crippen LogP contribution in [-0.4, -0.2) is 19.5 Å². The second-order valence-corrected chi connectivity index (χ2v) is 5.17. The van der Waals surface area contributed by atoms with Gasteiger partial charge in [0, 0.05) is 13.0 Å². The van der Waals surface area contributed by atoms with Crippen LogP contribution in [-0.2, 0) is 6.54 Å². The molecule has 3 aromatic heterocycles. The van der Waals surface area contributed by atoms with Gasteiger partial charge in [0.25, 0.3) is 0 Å². The lowest BCUT2D eigenvalue weighted by molar-refractivity contribution is 0.577. The Morgan fingerprint density at radius 1 is 1.26 bits per heavy atom. The summed E-state index contributed by atoms with van der Waals surface area (Å²) in [7, 11) is 0. The topological polar surface area (TPSA) is 82.8 Å². The van der Waals surface area contributed by atoms with Crippen LogP contribution in [0, 0.1) is 11.8 Å². The van der Waals surface area contributed by atoms with Gasteiger partial charge in [-0.2, -0.15) is 0 Å². The average molecular weight is 309 g/mol. The van der Waals surface area contributed by atoms with Gasteiger partial charge in [0.1, 0.15) is 0 Å². The van der Waals surface area contributed by atoms with Gasteiger partial charge in [-0.15, -0.1) is 0 Å². The fraction of sp³-hybridized carbons (Fsp3) is 0.353. The Balaban J connectivity index is 2.10. The number of furan rings is 1. The summed E-state index contributed by atoms with van der Waals surface area (Å²) in [5.41, 5.74) is 7.33. The van der Waals surface area contributed by atoms with Gasteiger partial charge in [0.15, 0.2) is 34.4 Å². The highest BCUT2D eigenvalue weighted by Crippen LogP contribution is 2.23. The van der Waals surface area contributed by atoms with Crippen LogP contribution in [0.3, 0.4) is 0 Å². The summed E-state index contributed by atoms with van der Waals surface area (Å²) in [4.78, 5) is 13.4. The molecule has 0 aromatic carbocycles. The Morgan fingerprint density at radius 3 is 2.83 bits per heavy atom. The molecule has 0 aliphatic heterocycles. The molecule has 3 aromatic rings. The first kappa shape index (κ1) is 15.1. The Hall–Kier alpha value is -2.81. The third-order valence-electron chi connectivity index (χ3n) is 3.53. The maximum Gasteiger partial charge on any atom is 0.199 e. The first-order valence-electron chi connectivity index (χ1n) is 7.81. The number of nitrogen functional groups attached to an aromatic ring is 1. The van der Waals surface area contributed by atoms with Crippen molar-refractivity contribution >= 4 is 17.0 Å². The van der Waals surface area contributed by atoms with E-state index < -0.39 is 0 Å². The first-order valence-corrected chi connectivity index (χ1v) is 7.81. The van der Waals surface area contributed by atoms with E-state index in [1.165, 1.54) is 0 Å². The SMILES string of the molecule is CCCCC#Cc1nc2c(N)nc(-c3ccco3)nc2n1CC. The van der Waals surface area contributed by atoms with E-state index in [9.17, 15) is 0 Å². The number of nitrogens with two attached hydrogens (primary N) is 1. The molecule has 0 amide bonds. The second kappa shape index (κ2) is 6.53. The van der Waals surface area contributed by atoms with E-state index >= 15 is 0 Å². The molecule has 0 spiro atoms. The molecule has 0 saturated heterocycles. The van der Waals surface area contributed by atoms with Crippen molar-refractivity contribution in [1.29, 1.82) is 0 Å². The maximum atomic E-state index is 6.06. The zero-order valence-corrected chi connectivity index (χ0v) is 13.3. The van der Waals surface area contributed by atoms with Crippen LogP contribution in [0.25, 0.3) is 22.7 Å². The van der Waals surface area contributed by atoms with E-state index in [0.717, 1.165) is 19.3 Å². The van der Waals surface area contributed by atoms with E-state index in [0.29, 0.717) is 40.9 Å². The van der Waals surface area contributed by atoms with E-state index in [1.807, 2.05) is 11.5 Å². The molecule has 6 heteroatoms. The molecule has 118 valence electrons. The molecule has 0 atom stereocenters. The molecule has 0 saturated carbocycles. The average Bonchev–Trinajstić information content (AvgIpc) is 3.19. The van der Waals surface area contributed by atoms with Crippen molar-refractivity contribution in [3.05, 3.63) is 24.2 Å². The van der Waals surface area contributed by atoms with Crippen molar-refractivity contribution in [1.82, 2.24) is 19.5 Å². The van der Waals surface area contributed by atoms with Crippen molar-refractivity contribution in [3.63, 3.8) is 0 Å². The predicted molar refractivity (Wildman–Crippen MR) is 89.5 cm³/mol. The lowest BCUT2D eigenvalue weighted by atomic mass is 10.2. The molecule has 0 unspecified atom stereocenters. The normalized spacial score (nSPS) is 10.7. The van der Waals surface area contributed by atoms with E-state index in [2.05, 4.69) is 33.7 Å². The number of fused-ring (bicyclic) bond motifs is 1. The Morgan fingerprint density at radius 2 is 2.13 bits per heavy atom. The van der Waals surface area contributed by atoms with Gasteiger partial charge < -0.3 is 14.7 Å². The second-order valence-electron chi connectivity index (χ2n) is 5.17.